The number of H-pyrrole nitrogens is 2. The lowest BCUT2D eigenvalue weighted by atomic mass is 9.98. The van der Waals surface area contributed by atoms with E-state index < -0.39 is 24.3 Å². The summed E-state index contributed by atoms with van der Waals surface area (Å²) < 4.78 is 9.45. The van der Waals surface area contributed by atoms with Crippen molar-refractivity contribution in [2.24, 2.45) is 11.8 Å². The van der Waals surface area contributed by atoms with Crippen molar-refractivity contribution in [3.05, 3.63) is 84.7 Å². The summed E-state index contributed by atoms with van der Waals surface area (Å²) in [5.74, 6) is 2.08. The molecule has 0 bridgehead atoms. The molecule has 14 heteroatoms. The third-order valence-electron chi connectivity index (χ3n) is 11.8. The second-order valence-electron chi connectivity index (χ2n) is 15.7. The normalized spacial score (nSPS) is 19.8. The molecule has 2 aromatic heterocycles. The molecule has 6 atom stereocenters. The summed E-state index contributed by atoms with van der Waals surface area (Å²) in [6.45, 7) is 3.72. The van der Waals surface area contributed by atoms with Crippen molar-refractivity contribution >= 4 is 34.8 Å². The van der Waals surface area contributed by atoms with Crippen molar-refractivity contribution in [3.63, 3.8) is 0 Å². The monoisotopic (exact) mass is 786 g/mol. The molecule has 0 radical (unpaired) electrons. The van der Waals surface area contributed by atoms with Gasteiger partial charge >= 0.3 is 12.2 Å². The Hall–Kier alpha value is -6.18. The number of imidazole rings is 2. The zero-order valence-corrected chi connectivity index (χ0v) is 33.2. The van der Waals surface area contributed by atoms with Crippen molar-refractivity contribution in [1.82, 2.24) is 40.8 Å². The van der Waals surface area contributed by atoms with Crippen LogP contribution in [-0.4, -0.2) is 81.2 Å². The van der Waals surface area contributed by atoms with Crippen LogP contribution in [0.4, 0.5) is 9.59 Å². The molecule has 3 heterocycles. The molecule has 0 spiro atoms. The van der Waals surface area contributed by atoms with Gasteiger partial charge in [-0.3, -0.25) is 9.59 Å². The maximum atomic E-state index is 13.6. The smallest absolute Gasteiger partial charge is 0.407 e. The summed E-state index contributed by atoms with van der Waals surface area (Å²) in [6.07, 6.45) is 8.16. The number of ether oxygens (including phenoxy) is 2. The van der Waals surface area contributed by atoms with Crippen LogP contribution in [0.25, 0.3) is 44.4 Å². The number of benzene rings is 3. The van der Waals surface area contributed by atoms with E-state index in [1.807, 2.05) is 24.9 Å². The minimum Gasteiger partial charge on any atom is -0.453 e. The zero-order chi connectivity index (χ0) is 40.5. The van der Waals surface area contributed by atoms with E-state index in [9.17, 15) is 19.2 Å². The first-order valence-electron chi connectivity index (χ1n) is 20.2. The summed E-state index contributed by atoms with van der Waals surface area (Å²) in [6, 6.07) is 19.5. The molecule has 8 rings (SSSR count). The van der Waals surface area contributed by atoms with Crippen LogP contribution >= 0.6 is 0 Å². The third kappa shape index (κ3) is 8.13. The Balaban J connectivity index is 0.940. The highest BCUT2D eigenvalue weighted by Crippen LogP contribution is 2.53. The molecular weight excluding hydrogens is 737 g/mol. The first kappa shape index (κ1) is 38.7. The molecule has 3 fully saturated rings. The standard InChI is InChI=1S/C44H50N8O6/c1-5-32(50-43(55)57-3)41(53)49-34(17-24-7-8-24)39-45-22-35(47-39)26-11-9-25(10-12-26)27-13-14-29-19-30(16-15-28(29)18-27)36-23-46-40(48-36)38-21-31-20-37(31)52(38)42(54)33(6-2)51-44(56)58-4/h9-16,18-19,22-24,31-34,37-38H,5-8,17,20-21H2,1-4H3,(H,45,47)(H,46,48)(H,49,53)(H,50,55)(H,51,56)/t31-,32+,33+,34+,37-,38+/m1/s1. The van der Waals surface area contributed by atoms with E-state index in [0.29, 0.717) is 30.5 Å². The number of aromatic amines is 2. The molecule has 302 valence electrons. The lowest BCUT2D eigenvalue weighted by Gasteiger charge is -2.30. The highest BCUT2D eigenvalue weighted by molar-refractivity contribution is 5.91. The Labute approximate surface area is 336 Å². The summed E-state index contributed by atoms with van der Waals surface area (Å²) in [5, 5.41) is 10.6. The molecule has 2 saturated carbocycles. The largest absolute Gasteiger partial charge is 0.453 e. The first-order chi connectivity index (χ1) is 28.2. The number of hydrogen-bond donors (Lipinski definition) is 5. The predicted molar refractivity (Wildman–Crippen MR) is 218 cm³/mol. The molecule has 3 aromatic carbocycles. The van der Waals surface area contributed by atoms with Crippen LogP contribution in [0.3, 0.4) is 0 Å². The fraction of sp³-hybridized carbons (Fsp3) is 0.409. The number of methoxy groups -OCH3 is 2. The van der Waals surface area contributed by atoms with Crippen molar-refractivity contribution < 1.29 is 28.7 Å². The summed E-state index contributed by atoms with van der Waals surface area (Å²) >= 11 is 0. The second-order valence-corrected chi connectivity index (χ2v) is 15.7. The SMILES string of the molecule is CC[C@H](NC(=O)OC)C(=O)N[C@@H](CC1CC1)c1ncc(-c2ccc(-c3ccc4cc(-c5cnc([C@@H]6C[C@H]7C[C@H]7N6C(=O)[C@H](CC)NC(=O)OC)[nH]5)ccc4c3)cc2)[nH]1. The van der Waals surface area contributed by atoms with Crippen molar-refractivity contribution in [2.75, 3.05) is 14.2 Å². The van der Waals surface area contributed by atoms with Crippen LogP contribution in [0.2, 0.25) is 0 Å². The molecule has 58 heavy (non-hydrogen) atoms. The van der Waals surface area contributed by atoms with Gasteiger partial charge in [-0.2, -0.15) is 0 Å². The van der Waals surface area contributed by atoms with Crippen molar-refractivity contribution in [3.8, 4) is 33.6 Å². The Morgan fingerprint density at radius 1 is 0.741 bits per heavy atom. The van der Waals surface area contributed by atoms with Crippen LogP contribution in [-0.2, 0) is 19.1 Å². The van der Waals surface area contributed by atoms with Gasteiger partial charge in [0.05, 0.1) is 50.1 Å². The Morgan fingerprint density at radius 2 is 1.34 bits per heavy atom. The summed E-state index contributed by atoms with van der Waals surface area (Å²) in [7, 11) is 2.58. The number of carbonyl (C=O) groups excluding carboxylic acids is 4. The molecular formula is C44H50N8O6. The van der Waals surface area contributed by atoms with Crippen LogP contribution in [0.15, 0.2) is 73.1 Å². The van der Waals surface area contributed by atoms with Gasteiger partial charge in [0.1, 0.15) is 23.7 Å². The van der Waals surface area contributed by atoms with Crippen LogP contribution in [0, 0.1) is 11.8 Å². The van der Waals surface area contributed by atoms with Gasteiger partial charge in [-0.1, -0.05) is 75.2 Å². The predicted octanol–water partition coefficient (Wildman–Crippen LogP) is 7.18. The number of alkyl carbamates (subject to hydrolysis) is 2. The lowest BCUT2D eigenvalue weighted by molar-refractivity contribution is -0.135. The van der Waals surface area contributed by atoms with Gasteiger partial charge in [0.15, 0.2) is 0 Å². The van der Waals surface area contributed by atoms with Crippen LogP contribution in [0.5, 0.6) is 0 Å². The van der Waals surface area contributed by atoms with Gasteiger partial charge in [0.2, 0.25) is 11.8 Å². The van der Waals surface area contributed by atoms with Gasteiger partial charge in [-0.25, -0.2) is 19.6 Å². The fourth-order valence-corrected chi connectivity index (χ4v) is 8.24. The van der Waals surface area contributed by atoms with E-state index in [-0.39, 0.29) is 29.9 Å². The van der Waals surface area contributed by atoms with Gasteiger partial charge < -0.3 is 40.3 Å². The van der Waals surface area contributed by atoms with Gasteiger partial charge in [-0.05, 0) is 83.5 Å². The molecule has 5 N–H and O–H groups in total. The maximum Gasteiger partial charge on any atom is 0.407 e. The topological polar surface area (TPSA) is 183 Å². The van der Waals surface area contributed by atoms with Gasteiger partial charge in [0, 0.05) is 11.6 Å². The quantitative estimate of drug-likeness (QED) is 0.0785. The molecule has 0 unspecified atom stereocenters. The number of nitrogens with zero attached hydrogens (tertiary/aromatic N) is 3. The highest BCUT2D eigenvalue weighted by atomic mass is 16.5. The minimum absolute atomic E-state index is 0.0963. The van der Waals surface area contributed by atoms with Gasteiger partial charge in [0.25, 0.3) is 0 Å². The second kappa shape index (κ2) is 16.4. The Bertz CT molecular complexity index is 2320. The summed E-state index contributed by atoms with van der Waals surface area (Å²) in [5.41, 5.74) is 5.89. The number of amides is 4. The van der Waals surface area contributed by atoms with E-state index in [1.165, 1.54) is 14.2 Å². The van der Waals surface area contributed by atoms with Crippen LogP contribution < -0.4 is 16.0 Å². The van der Waals surface area contributed by atoms with E-state index in [0.717, 1.165) is 82.3 Å². The molecule has 4 amide bonds. The molecule has 1 saturated heterocycles. The van der Waals surface area contributed by atoms with Gasteiger partial charge in [-0.15, -0.1) is 0 Å². The van der Waals surface area contributed by atoms with Crippen molar-refractivity contribution in [1.29, 1.82) is 0 Å². The van der Waals surface area contributed by atoms with E-state index >= 15 is 0 Å². The minimum atomic E-state index is -0.699. The number of carbonyl (C=O) groups is 4. The maximum absolute atomic E-state index is 13.6. The highest BCUT2D eigenvalue weighted by Gasteiger charge is 2.56. The van der Waals surface area contributed by atoms with E-state index in [1.54, 1.807) is 6.20 Å². The number of aromatic nitrogens is 4. The van der Waals surface area contributed by atoms with E-state index in [4.69, 9.17) is 14.5 Å². The molecule has 1 aliphatic heterocycles. The average molecular weight is 787 g/mol. The number of rotatable bonds is 14. The zero-order valence-electron chi connectivity index (χ0n) is 33.2. The van der Waals surface area contributed by atoms with E-state index in [2.05, 4.69) is 91.6 Å². The molecule has 14 nitrogen and oxygen atoms in total. The Morgan fingerprint density at radius 3 is 2.02 bits per heavy atom. The lowest BCUT2D eigenvalue weighted by Crippen LogP contribution is -2.49. The van der Waals surface area contributed by atoms with Crippen molar-refractivity contribution in [2.45, 2.75) is 89.0 Å². The number of piperidine rings is 1. The average Bonchev–Trinajstić information content (AvgIpc) is 4.03. The number of nitrogens with one attached hydrogen (secondary N) is 5. The molecule has 2 aliphatic carbocycles. The fourth-order valence-electron chi connectivity index (χ4n) is 8.24. The molecule has 5 aromatic rings. The summed E-state index contributed by atoms with van der Waals surface area (Å²) in [4.78, 5) is 68.7. The van der Waals surface area contributed by atoms with Crippen LogP contribution in [0.1, 0.15) is 82.5 Å². The third-order valence-corrected chi connectivity index (χ3v) is 11.8. The first-order valence-corrected chi connectivity index (χ1v) is 20.2. The number of likely N-dealkylation sites (tertiary alicyclic amines) is 1. The Kier molecular flexibility index (Phi) is 10.9. The molecule has 3 aliphatic rings. The number of fused-ring (bicyclic) bond motifs is 2. The number of hydrogen-bond acceptors (Lipinski definition) is 8.